The molecule has 2 rings (SSSR count). The van der Waals surface area contributed by atoms with Gasteiger partial charge in [0.15, 0.2) is 0 Å². The van der Waals surface area contributed by atoms with Gasteiger partial charge in [0.25, 0.3) is 0 Å². The molecule has 0 aromatic carbocycles. The third-order valence-corrected chi connectivity index (χ3v) is 2.60. The second-order valence-electron chi connectivity index (χ2n) is 3.52. The molecular formula is C11H13NO. The van der Waals surface area contributed by atoms with Gasteiger partial charge in [-0.05, 0) is 25.0 Å². The summed E-state index contributed by atoms with van der Waals surface area (Å²) in [6.07, 6.45) is 5.70. The van der Waals surface area contributed by atoms with E-state index in [0.717, 1.165) is 31.4 Å². The maximum absolute atomic E-state index is 11.6. The first-order valence-corrected chi connectivity index (χ1v) is 4.81. The van der Waals surface area contributed by atoms with Crippen molar-refractivity contribution in [3.8, 4) is 0 Å². The summed E-state index contributed by atoms with van der Waals surface area (Å²) in [5.41, 5.74) is 0.951. The molecule has 0 N–H and O–H groups in total. The third kappa shape index (κ3) is 1.77. The molecular weight excluding hydrogens is 162 g/mol. The zero-order valence-electron chi connectivity index (χ0n) is 7.57. The van der Waals surface area contributed by atoms with Crippen LogP contribution in [0.2, 0.25) is 0 Å². The number of hydrogen-bond donors (Lipinski definition) is 0. The van der Waals surface area contributed by atoms with E-state index in [1.165, 1.54) is 0 Å². The Balaban J connectivity index is 2.20. The fraction of sp³-hybridized carbons (Fsp3) is 0.455. The maximum Gasteiger partial charge on any atom is 0.141 e. The van der Waals surface area contributed by atoms with E-state index >= 15 is 0 Å². The molecule has 0 radical (unpaired) electrons. The maximum atomic E-state index is 11.6. The zero-order chi connectivity index (χ0) is 9.10. The molecule has 0 saturated heterocycles. The van der Waals surface area contributed by atoms with Gasteiger partial charge in [-0.15, -0.1) is 0 Å². The monoisotopic (exact) mass is 175 g/mol. The molecule has 1 heterocycles. The molecule has 1 aromatic heterocycles. The Kier molecular flexibility index (Phi) is 2.39. The molecule has 2 nitrogen and oxygen atoms in total. The first-order chi connectivity index (χ1) is 6.38. The van der Waals surface area contributed by atoms with Crippen LogP contribution in [0.5, 0.6) is 0 Å². The number of carbonyl (C=O) groups excluding carboxylic acids is 1. The summed E-state index contributed by atoms with van der Waals surface area (Å²) in [6.45, 7) is 0. The van der Waals surface area contributed by atoms with Gasteiger partial charge in [0.1, 0.15) is 5.78 Å². The van der Waals surface area contributed by atoms with Gasteiger partial charge >= 0.3 is 0 Å². The Labute approximate surface area is 78.0 Å². The molecule has 1 aromatic rings. The minimum absolute atomic E-state index is 0.0787. The van der Waals surface area contributed by atoms with Crippen molar-refractivity contribution in [3.05, 3.63) is 30.1 Å². The summed E-state index contributed by atoms with van der Waals surface area (Å²) < 4.78 is 0. The number of ketones is 1. The van der Waals surface area contributed by atoms with Crippen molar-refractivity contribution in [3.63, 3.8) is 0 Å². The predicted molar refractivity (Wildman–Crippen MR) is 50.5 cm³/mol. The second-order valence-corrected chi connectivity index (χ2v) is 3.52. The first-order valence-electron chi connectivity index (χ1n) is 4.81. The summed E-state index contributed by atoms with van der Waals surface area (Å²) in [4.78, 5) is 15.8. The molecule has 0 unspecified atom stereocenters. The van der Waals surface area contributed by atoms with Crippen molar-refractivity contribution in [1.29, 1.82) is 0 Å². The number of rotatable bonds is 1. The number of carbonyl (C=O) groups is 1. The molecule has 0 aliphatic heterocycles. The smallest absolute Gasteiger partial charge is 0.141 e. The Bertz CT molecular complexity index is 294. The number of pyridine rings is 1. The molecule has 1 fully saturated rings. The summed E-state index contributed by atoms with van der Waals surface area (Å²) >= 11 is 0. The number of Topliss-reactive ketones (excluding diaryl/α,β-unsaturated/α-hetero) is 1. The normalized spacial score (nSPS) is 23.1. The van der Waals surface area contributed by atoms with Crippen molar-refractivity contribution >= 4 is 5.78 Å². The molecule has 0 amide bonds. The Hall–Kier alpha value is -1.18. The molecule has 1 aliphatic rings. The topological polar surface area (TPSA) is 30.0 Å². The second kappa shape index (κ2) is 3.69. The molecule has 0 bridgehead atoms. The quantitative estimate of drug-likeness (QED) is 0.655. The summed E-state index contributed by atoms with van der Waals surface area (Å²) in [7, 11) is 0. The van der Waals surface area contributed by atoms with E-state index in [1.54, 1.807) is 6.20 Å². The predicted octanol–water partition coefficient (Wildman–Crippen LogP) is 2.31. The fourth-order valence-electron chi connectivity index (χ4n) is 1.88. The van der Waals surface area contributed by atoms with Crippen molar-refractivity contribution in [2.24, 2.45) is 0 Å². The molecule has 2 heteroatoms. The van der Waals surface area contributed by atoms with Crippen molar-refractivity contribution in [2.45, 2.75) is 31.6 Å². The van der Waals surface area contributed by atoms with Gasteiger partial charge in [0.2, 0.25) is 0 Å². The van der Waals surface area contributed by atoms with Gasteiger partial charge in [-0.3, -0.25) is 9.78 Å². The van der Waals surface area contributed by atoms with Crippen LogP contribution in [0, 0.1) is 0 Å². The molecule has 0 spiro atoms. The number of nitrogens with zero attached hydrogens (tertiary/aromatic N) is 1. The highest BCUT2D eigenvalue weighted by molar-refractivity contribution is 5.85. The lowest BCUT2D eigenvalue weighted by molar-refractivity contribution is -0.121. The lowest BCUT2D eigenvalue weighted by Crippen LogP contribution is -2.17. The first kappa shape index (κ1) is 8.42. The average Bonchev–Trinajstić information content (AvgIpc) is 2.20. The Morgan fingerprint density at radius 2 is 2.23 bits per heavy atom. The van der Waals surface area contributed by atoms with E-state index in [0.29, 0.717) is 5.78 Å². The highest BCUT2D eigenvalue weighted by Crippen LogP contribution is 2.28. The SMILES string of the molecule is O=C1CCCC[C@H]1c1ccccn1. The van der Waals surface area contributed by atoms with Crippen LogP contribution in [0.3, 0.4) is 0 Å². The van der Waals surface area contributed by atoms with E-state index in [4.69, 9.17) is 0 Å². The standard InChI is InChI=1S/C11H13NO/c13-11-7-2-1-5-9(11)10-6-3-4-8-12-10/h3-4,6,8-9H,1-2,5,7H2/t9-/m0/s1. The zero-order valence-corrected chi connectivity index (χ0v) is 7.57. The summed E-state index contributed by atoms with van der Waals surface area (Å²) in [5.74, 6) is 0.444. The number of hydrogen-bond acceptors (Lipinski definition) is 2. The van der Waals surface area contributed by atoms with Crippen LogP contribution in [-0.2, 0) is 4.79 Å². The van der Waals surface area contributed by atoms with Crippen LogP contribution < -0.4 is 0 Å². The van der Waals surface area contributed by atoms with Gasteiger partial charge in [0, 0.05) is 12.6 Å². The van der Waals surface area contributed by atoms with Gasteiger partial charge in [-0.1, -0.05) is 12.5 Å². The van der Waals surface area contributed by atoms with Gasteiger partial charge in [0.05, 0.1) is 11.6 Å². The summed E-state index contributed by atoms with van der Waals surface area (Å²) in [5, 5.41) is 0. The van der Waals surface area contributed by atoms with Crippen LogP contribution in [-0.4, -0.2) is 10.8 Å². The van der Waals surface area contributed by atoms with Crippen LogP contribution >= 0.6 is 0 Å². The van der Waals surface area contributed by atoms with Gasteiger partial charge < -0.3 is 0 Å². The minimum atomic E-state index is 0.0787. The lowest BCUT2D eigenvalue weighted by Gasteiger charge is -2.19. The molecule has 1 aliphatic carbocycles. The average molecular weight is 175 g/mol. The molecule has 1 atom stereocenters. The van der Waals surface area contributed by atoms with E-state index < -0.39 is 0 Å². The minimum Gasteiger partial charge on any atom is -0.299 e. The van der Waals surface area contributed by atoms with Crippen LogP contribution in [0.4, 0.5) is 0 Å². The third-order valence-electron chi connectivity index (χ3n) is 2.60. The van der Waals surface area contributed by atoms with E-state index in [1.807, 2.05) is 18.2 Å². The Morgan fingerprint density at radius 1 is 1.31 bits per heavy atom. The Morgan fingerprint density at radius 3 is 2.92 bits per heavy atom. The largest absolute Gasteiger partial charge is 0.299 e. The highest BCUT2D eigenvalue weighted by atomic mass is 16.1. The van der Waals surface area contributed by atoms with Crippen molar-refractivity contribution in [1.82, 2.24) is 4.98 Å². The fourth-order valence-corrected chi connectivity index (χ4v) is 1.88. The molecule has 1 saturated carbocycles. The number of aromatic nitrogens is 1. The van der Waals surface area contributed by atoms with Crippen LogP contribution in [0.1, 0.15) is 37.3 Å². The van der Waals surface area contributed by atoms with E-state index in [9.17, 15) is 4.79 Å². The molecule has 68 valence electrons. The lowest BCUT2D eigenvalue weighted by atomic mass is 9.85. The van der Waals surface area contributed by atoms with Crippen molar-refractivity contribution < 1.29 is 4.79 Å². The van der Waals surface area contributed by atoms with Crippen LogP contribution in [0.15, 0.2) is 24.4 Å². The van der Waals surface area contributed by atoms with Crippen LogP contribution in [0.25, 0.3) is 0 Å². The van der Waals surface area contributed by atoms with Gasteiger partial charge in [-0.25, -0.2) is 0 Å². The molecule has 13 heavy (non-hydrogen) atoms. The van der Waals surface area contributed by atoms with E-state index in [2.05, 4.69) is 4.98 Å². The van der Waals surface area contributed by atoms with Gasteiger partial charge in [-0.2, -0.15) is 0 Å². The summed E-state index contributed by atoms with van der Waals surface area (Å²) in [6, 6.07) is 5.79. The highest BCUT2D eigenvalue weighted by Gasteiger charge is 2.24. The van der Waals surface area contributed by atoms with E-state index in [-0.39, 0.29) is 5.92 Å². The van der Waals surface area contributed by atoms with Crippen molar-refractivity contribution in [2.75, 3.05) is 0 Å².